The summed E-state index contributed by atoms with van der Waals surface area (Å²) >= 11 is 0. The topological polar surface area (TPSA) is 49.3 Å². The van der Waals surface area contributed by atoms with Crippen LogP contribution in [0.4, 0.5) is 10.1 Å². The molecule has 1 N–H and O–H groups in total. The van der Waals surface area contributed by atoms with Crippen LogP contribution in [0.3, 0.4) is 0 Å². The van der Waals surface area contributed by atoms with Gasteiger partial charge in [-0.2, -0.15) is 0 Å². The van der Waals surface area contributed by atoms with Gasteiger partial charge >= 0.3 is 0 Å². The molecule has 0 bridgehead atoms. The second-order valence-electron chi connectivity index (χ2n) is 8.36. The Bertz CT molecular complexity index is 684. The maximum Gasteiger partial charge on any atom is 0.194 e. The van der Waals surface area contributed by atoms with E-state index in [4.69, 9.17) is 14.5 Å². The van der Waals surface area contributed by atoms with Crippen molar-refractivity contribution < 1.29 is 13.9 Å². The van der Waals surface area contributed by atoms with Gasteiger partial charge in [-0.1, -0.05) is 6.07 Å². The average Bonchev–Trinajstić information content (AvgIpc) is 2.76. The second-order valence-corrected chi connectivity index (χ2v) is 8.36. The molecule has 2 aliphatic heterocycles. The summed E-state index contributed by atoms with van der Waals surface area (Å²) in [5, 5.41) is 3.38. The maximum absolute atomic E-state index is 14.2. The van der Waals surface area contributed by atoms with Crippen LogP contribution in [0.15, 0.2) is 23.2 Å². The Hall–Kier alpha value is -1.86. The number of anilines is 1. The number of hydrogen-bond donors (Lipinski definition) is 1. The summed E-state index contributed by atoms with van der Waals surface area (Å²) in [6.45, 7) is 6.75. The van der Waals surface area contributed by atoms with Crippen molar-refractivity contribution in [1.82, 2.24) is 10.2 Å². The number of halogens is 1. The van der Waals surface area contributed by atoms with Gasteiger partial charge in [0.1, 0.15) is 5.82 Å². The molecule has 0 saturated carbocycles. The zero-order valence-electron chi connectivity index (χ0n) is 18.7. The number of aliphatic imine (C=N–C) groups is 1. The van der Waals surface area contributed by atoms with Gasteiger partial charge in [-0.05, 0) is 56.7 Å². The third-order valence-corrected chi connectivity index (χ3v) is 5.77. The predicted octanol–water partition coefficient (Wildman–Crippen LogP) is 3.41. The fourth-order valence-corrected chi connectivity index (χ4v) is 4.02. The van der Waals surface area contributed by atoms with E-state index in [0.29, 0.717) is 24.9 Å². The quantitative estimate of drug-likeness (QED) is 0.541. The molecule has 2 saturated heterocycles. The van der Waals surface area contributed by atoms with Gasteiger partial charge in [-0.25, -0.2) is 9.38 Å². The normalized spacial score (nSPS) is 21.0. The fraction of sp³-hybridized carbons (Fsp3) is 0.696. The van der Waals surface area contributed by atoms with Crippen molar-refractivity contribution in [1.29, 1.82) is 0 Å². The molecule has 1 unspecified atom stereocenters. The monoisotopic (exact) mass is 420 g/mol. The Morgan fingerprint density at radius 1 is 1.27 bits per heavy atom. The zero-order valence-corrected chi connectivity index (χ0v) is 18.7. The standard InChI is InChI=1S/C23H37FN4O2/c1-4-25-23(26-16-18-8-9-22(27(2)3)21(24)15-18)28-12-10-19(11-13-28)30-17-20-7-5-6-14-29-20/h8-9,15,19-20H,4-7,10-14,16-17H2,1-3H3,(H,25,26). The molecule has 1 aromatic carbocycles. The summed E-state index contributed by atoms with van der Waals surface area (Å²) in [5.41, 5.74) is 1.47. The zero-order chi connectivity index (χ0) is 21.3. The predicted molar refractivity (Wildman–Crippen MR) is 120 cm³/mol. The van der Waals surface area contributed by atoms with Crippen LogP contribution >= 0.6 is 0 Å². The number of nitrogens with one attached hydrogen (secondary N) is 1. The SMILES string of the molecule is CCNC(=NCc1ccc(N(C)C)c(F)c1)N1CCC(OCC2CCCCO2)CC1. The first-order valence-electron chi connectivity index (χ1n) is 11.3. The van der Waals surface area contributed by atoms with E-state index in [1.54, 1.807) is 11.0 Å². The van der Waals surface area contributed by atoms with E-state index in [1.807, 2.05) is 26.2 Å². The fourth-order valence-electron chi connectivity index (χ4n) is 4.02. The molecule has 0 radical (unpaired) electrons. The van der Waals surface area contributed by atoms with E-state index in [1.165, 1.54) is 12.8 Å². The van der Waals surface area contributed by atoms with Gasteiger partial charge in [0.15, 0.2) is 5.96 Å². The molecule has 0 aliphatic carbocycles. The van der Waals surface area contributed by atoms with E-state index < -0.39 is 0 Å². The highest BCUT2D eigenvalue weighted by Gasteiger charge is 2.23. The van der Waals surface area contributed by atoms with Crippen molar-refractivity contribution in [2.45, 2.75) is 57.8 Å². The van der Waals surface area contributed by atoms with Crippen LogP contribution < -0.4 is 10.2 Å². The first-order valence-corrected chi connectivity index (χ1v) is 11.3. The highest BCUT2D eigenvalue weighted by atomic mass is 19.1. The molecule has 7 heteroatoms. The van der Waals surface area contributed by atoms with Crippen LogP contribution in [0.5, 0.6) is 0 Å². The molecule has 3 rings (SSSR count). The first kappa shape index (κ1) is 22.8. The lowest BCUT2D eigenvalue weighted by Gasteiger charge is -2.35. The first-order chi connectivity index (χ1) is 14.6. The number of likely N-dealkylation sites (tertiary alicyclic amines) is 1. The molecule has 0 spiro atoms. The molecule has 2 heterocycles. The van der Waals surface area contributed by atoms with Gasteiger partial charge in [0.25, 0.3) is 0 Å². The summed E-state index contributed by atoms with van der Waals surface area (Å²) in [4.78, 5) is 8.82. The number of piperidine rings is 1. The Morgan fingerprint density at radius 3 is 2.70 bits per heavy atom. The van der Waals surface area contributed by atoms with Gasteiger partial charge in [0, 0.05) is 40.3 Å². The van der Waals surface area contributed by atoms with E-state index in [9.17, 15) is 4.39 Å². The van der Waals surface area contributed by atoms with Gasteiger partial charge in [-0.15, -0.1) is 0 Å². The largest absolute Gasteiger partial charge is 0.376 e. The average molecular weight is 421 g/mol. The van der Waals surface area contributed by atoms with Crippen LogP contribution in [-0.4, -0.2) is 70.0 Å². The number of rotatable bonds is 7. The molecule has 2 aliphatic rings. The molecule has 6 nitrogen and oxygen atoms in total. The summed E-state index contributed by atoms with van der Waals surface area (Å²) in [6, 6.07) is 5.33. The van der Waals surface area contributed by atoms with Gasteiger partial charge in [-0.3, -0.25) is 0 Å². The van der Waals surface area contributed by atoms with Crippen LogP contribution in [0.1, 0.15) is 44.6 Å². The van der Waals surface area contributed by atoms with Crippen molar-refractivity contribution >= 4 is 11.6 Å². The number of benzene rings is 1. The Labute approximate surface area is 180 Å². The molecular formula is C23H37FN4O2. The van der Waals surface area contributed by atoms with Crippen LogP contribution in [0.25, 0.3) is 0 Å². The minimum atomic E-state index is -0.211. The third kappa shape index (κ3) is 6.57. The number of guanidine groups is 1. The summed E-state index contributed by atoms with van der Waals surface area (Å²) in [5.74, 6) is 0.682. The van der Waals surface area contributed by atoms with Crippen molar-refractivity contribution in [2.24, 2.45) is 4.99 Å². The third-order valence-electron chi connectivity index (χ3n) is 5.77. The van der Waals surface area contributed by atoms with Crippen LogP contribution in [-0.2, 0) is 16.0 Å². The van der Waals surface area contributed by atoms with Crippen molar-refractivity contribution in [3.05, 3.63) is 29.6 Å². The lowest BCUT2D eigenvalue weighted by atomic mass is 10.1. The minimum Gasteiger partial charge on any atom is -0.376 e. The van der Waals surface area contributed by atoms with E-state index >= 15 is 0 Å². The Kier molecular flexibility index (Phi) is 8.75. The van der Waals surface area contributed by atoms with Crippen LogP contribution in [0, 0.1) is 5.82 Å². The highest BCUT2D eigenvalue weighted by molar-refractivity contribution is 5.80. The summed E-state index contributed by atoms with van der Waals surface area (Å²) in [7, 11) is 3.68. The van der Waals surface area contributed by atoms with Crippen molar-refractivity contribution in [3.8, 4) is 0 Å². The number of hydrogen-bond acceptors (Lipinski definition) is 4. The molecule has 30 heavy (non-hydrogen) atoms. The Morgan fingerprint density at radius 2 is 2.07 bits per heavy atom. The van der Waals surface area contributed by atoms with Crippen molar-refractivity contribution in [3.63, 3.8) is 0 Å². The number of ether oxygens (including phenoxy) is 2. The number of nitrogens with zero attached hydrogens (tertiary/aromatic N) is 3. The van der Waals surface area contributed by atoms with Gasteiger partial charge < -0.3 is 24.6 Å². The summed E-state index contributed by atoms with van der Waals surface area (Å²) in [6.07, 6.45) is 6.08. The molecule has 168 valence electrons. The van der Waals surface area contributed by atoms with Crippen LogP contribution in [0.2, 0.25) is 0 Å². The smallest absolute Gasteiger partial charge is 0.194 e. The molecule has 0 amide bonds. The van der Waals surface area contributed by atoms with E-state index in [2.05, 4.69) is 17.1 Å². The maximum atomic E-state index is 14.2. The lowest BCUT2D eigenvalue weighted by Crippen LogP contribution is -2.47. The van der Waals surface area contributed by atoms with Gasteiger partial charge in [0.2, 0.25) is 0 Å². The van der Waals surface area contributed by atoms with Gasteiger partial charge in [0.05, 0.1) is 31.0 Å². The van der Waals surface area contributed by atoms with E-state index in [-0.39, 0.29) is 11.9 Å². The molecule has 0 aromatic heterocycles. The molecule has 1 aromatic rings. The highest BCUT2D eigenvalue weighted by Crippen LogP contribution is 2.20. The second kappa shape index (κ2) is 11.5. The Balaban J connectivity index is 1.50. The molecule has 2 fully saturated rings. The van der Waals surface area contributed by atoms with E-state index in [0.717, 1.165) is 57.0 Å². The molecular weight excluding hydrogens is 383 g/mol. The van der Waals surface area contributed by atoms with Crippen molar-refractivity contribution in [2.75, 3.05) is 51.8 Å². The summed E-state index contributed by atoms with van der Waals surface area (Å²) < 4.78 is 26.1. The lowest BCUT2D eigenvalue weighted by molar-refractivity contribution is -0.0721. The minimum absolute atomic E-state index is 0.211. The molecule has 1 atom stereocenters.